The van der Waals surface area contributed by atoms with Gasteiger partial charge in [0.05, 0.1) is 12.9 Å². The lowest BCUT2D eigenvalue weighted by atomic mass is 9.86. The number of sulfonamides is 1. The topological polar surface area (TPSA) is 161 Å². The molecule has 0 spiro atoms. The van der Waals surface area contributed by atoms with E-state index in [1.165, 1.54) is 30.5 Å². The van der Waals surface area contributed by atoms with Gasteiger partial charge >= 0.3 is 0 Å². The zero-order valence-corrected chi connectivity index (χ0v) is 22.6. The lowest BCUT2D eigenvalue weighted by Crippen LogP contribution is -2.37. The number of hydrogen-bond acceptors (Lipinski definition) is 9. The molecule has 4 rings (SSSR count). The fourth-order valence-corrected chi connectivity index (χ4v) is 5.37. The number of halogens is 1. The number of benzene rings is 1. The van der Waals surface area contributed by atoms with Gasteiger partial charge in [-0.2, -0.15) is 0 Å². The molecule has 1 fully saturated rings. The molecule has 1 amide bonds. The second kappa shape index (κ2) is 12.6. The van der Waals surface area contributed by atoms with Crippen LogP contribution in [0, 0.1) is 18.7 Å². The van der Waals surface area contributed by atoms with E-state index in [-0.39, 0.29) is 37.2 Å². The Labute approximate surface area is 226 Å². The number of ether oxygens (including phenoxy) is 1. The normalized spacial score (nSPS) is 17.6. The summed E-state index contributed by atoms with van der Waals surface area (Å²) in [5.41, 5.74) is 1.17. The van der Waals surface area contributed by atoms with E-state index >= 15 is 0 Å². The fourth-order valence-electron chi connectivity index (χ4n) is 4.53. The van der Waals surface area contributed by atoms with Crippen molar-refractivity contribution in [1.29, 1.82) is 0 Å². The number of hydrogen-bond donors (Lipinski definition) is 3. The molecule has 0 radical (unpaired) electrons. The SMILES string of the molecule is Cc1nc(C(=O)NCc2ccc(F)c(OCCO)c2)cc(-c2ncn(CC3CCC(NS(C)(=O)=O)CC3)n2)n1. The van der Waals surface area contributed by atoms with E-state index in [4.69, 9.17) is 9.84 Å². The molecule has 1 aliphatic rings. The van der Waals surface area contributed by atoms with Gasteiger partial charge in [-0.05, 0) is 62.3 Å². The summed E-state index contributed by atoms with van der Waals surface area (Å²) in [5, 5.41) is 16.2. The molecule has 2 aromatic heterocycles. The van der Waals surface area contributed by atoms with Crippen LogP contribution in [0.3, 0.4) is 0 Å². The Morgan fingerprint density at radius 3 is 2.69 bits per heavy atom. The predicted molar refractivity (Wildman–Crippen MR) is 140 cm³/mol. The number of rotatable bonds is 11. The molecule has 39 heavy (non-hydrogen) atoms. The van der Waals surface area contributed by atoms with E-state index in [0.717, 1.165) is 25.7 Å². The van der Waals surface area contributed by atoms with E-state index in [9.17, 15) is 17.6 Å². The van der Waals surface area contributed by atoms with Crippen LogP contribution in [0.25, 0.3) is 11.5 Å². The maximum atomic E-state index is 13.9. The minimum atomic E-state index is -3.21. The zero-order chi connectivity index (χ0) is 28.0. The van der Waals surface area contributed by atoms with Gasteiger partial charge in [-0.3, -0.25) is 9.48 Å². The first-order valence-corrected chi connectivity index (χ1v) is 14.5. The van der Waals surface area contributed by atoms with Gasteiger partial charge in [0.15, 0.2) is 17.4 Å². The van der Waals surface area contributed by atoms with Gasteiger partial charge < -0.3 is 15.2 Å². The molecule has 1 aliphatic carbocycles. The van der Waals surface area contributed by atoms with Crippen LogP contribution >= 0.6 is 0 Å². The second-order valence-corrected chi connectivity index (χ2v) is 11.4. The van der Waals surface area contributed by atoms with Crippen molar-refractivity contribution in [2.75, 3.05) is 19.5 Å². The van der Waals surface area contributed by atoms with Gasteiger partial charge in [-0.1, -0.05) is 6.07 Å². The summed E-state index contributed by atoms with van der Waals surface area (Å²) in [6.45, 7) is 2.16. The number of amides is 1. The number of carbonyl (C=O) groups is 1. The monoisotopic (exact) mass is 561 g/mol. The van der Waals surface area contributed by atoms with Crippen LogP contribution in [-0.2, 0) is 23.1 Å². The van der Waals surface area contributed by atoms with Gasteiger partial charge in [0, 0.05) is 19.1 Å². The van der Waals surface area contributed by atoms with Crippen molar-refractivity contribution in [3.05, 3.63) is 53.5 Å². The van der Waals surface area contributed by atoms with Crippen LogP contribution in [0.1, 0.15) is 47.6 Å². The van der Waals surface area contributed by atoms with Crippen LogP contribution in [-0.4, -0.2) is 69.7 Å². The average molecular weight is 562 g/mol. The van der Waals surface area contributed by atoms with Crippen molar-refractivity contribution < 1.29 is 27.4 Å². The Morgan fingerprint density at radius 2 is 1.97 bits per heavy atom. The van der Waals surface area contributed by atoms with Crippen molar-refractivity contribution in [3.63, 3.8) is 0 Å². The summed E-state index contributed by atoms with van der Waals surface area (Å²) in [5.74, 6) is 0.0993. The van der Waals surface area contributed by atoms with Gasteiger partial charge in [0.25, 0.3) is 5.91 Å². The highest BCUT2D eigenvalue weighted by molar-refractivity contribution is 7.88. The lowest BCUT2D eigenvalue weighted by Gasteiger charge is -2.28. The number of carbonyl (C=O) groups excluding carboxylic acids is 1. The summed E-state index contributed by atoms with van der Waals surface area (Å²) in [4.78, 5) is 25.8. The molecule has 210 valence electrons. The van der Waals surface area contributed by atoms with E-state index < -0.39 is 21.7 Å². The smallest absolute Gasteiger partial charge is 0.270 e. The van der Waals surface area contributed by atoms with E-state index in [1.54, 1.807) is 17.9 Å². The molecule has 0 saturated heterocycles. The van der Waals surface area contributed by atoms with Crippen LogP contribution in [0.4, 0.5) is 4.39 Å². The molecule has 0 bridgehead atoms. The number of nitrogens with zero attached hydrogens (tertiary/aromatic N) is 5. The number of aryl methyl sites for hydroxylation is 1. The summed E-state index contributed by atoms with van der Waals surface area (Å²) < 4.78 is 46.4. The minimum absolute atomic E-state index is 0.00348. The molecule has 2 heterocycles. The van der Waals surface area contributed by atoms with E-state index in [1.807, 2.05) is 0 Å². The number of aliphatic hydroxyl groups excluding tert-OH is 1. The molecule has 14 heteroatoms. The first-order valence-electron chi connectivity index (χ1n) is 12.6. The highest BCUT2D eigenvalue weighted by Gasteiger charge is 2.24. The Morgan fingerprint density at radius 1 is 1.21 bits per heavy atom. The summed E-state index contributed by atoms with van der Waals surface area (Å²) in [6.07, 6.45) is 6.11. The van der Waals surface area contributed by atoms with Crippen LogP contribution in [0.2, 0.25) is 0 Å². The van der Waals surface area contributed by atoms with Crippen LogP contribution in [0.5, 0.6) is 5.75 Å². The molecule has 3 N–H and O–H groups in total. The number of aromatic nitrogens is 5. The molecule has 0 atom stereocenters. The standard InChI is InChI=1S/C25H32FN7O5S/c1-16-29-21(24-28-15-33(31-24)14-17-3-6-19(7-4-17)32-39(2,36)37)12-22(30-16)25(35)27-13-18-5-8-20(26)23(11-18)38-10-9-34/h5,8,11-12,15,17,19,32,34H,3-4,6-7,9-10,13-14H2,1-2H3,(H,27,35). The highest BCUT2D eigenvalue weighted by atomic mass is 32.2. The largest absolute Gasteiger partial charge is 0.488 e. The lowest BCUT2D eigenvalue weighted by molar-refractivity contribution is 0.0945. The van der Waals surface area contributed by atoms with E-state index in [2.05, 4.69) is 30.1 Å². The molecule has 0 unspecified atom stereocenters. The molecule has 12 nitrogen and oxygen atoms in total. The Kier molecular flexibility index (Phi) is 9.20. The van der Waals surface area contributed by atoms with Gasteiger partial charge in [0.2, 0.25) is 10.0 Å². The van der Waals surface area contributed by atoms with Crippen LogP contribution < -0.4 is 14.8 Å². The third kappa shape index (κ3) is 8.25. The van der Waals surface area contributed by atoms with Gasteiger partial charge in [0.1, 0.15) is 30.1 Å². The maximum absolute atomic E-state index is 13.9. The van der Waals surface area contributed by atoms with Crippen molar-refractivity contribution in [3.8, 4) is 17.3 Å². The van der Waals surface area contributed by atoms with E-state index in [0.29, 0.717) is 35.4 Å². The Hall–Kier alpha value is -3.49. The second-order valence-electron chi connectivity index (χ2n) is 9.60. The van der Waals surface area contributed by atoms with Crippen LogP contribution in [0.15, 0.2) is 30.6 Å². The molecule has 1 saturated carbocycles. The zero-order valence-electron chi connectivity index (χ0n) is 21.8. The highest BCUT2D eigenvalue weighted by Crippen LogP contribution is 2.26. The quantitative estimate of drug-likeness (QED) is 0.316. The minimum Gasteiger partial charge on any atom is -0.488 e. The van der Waals surface area contributed by atoms with Crippen molar-refractivity contribution in [2.24, 2.45) is 5.92 Å². The number of nitrogens with one attached hydrogen (secondary N) is 2. The van der Waals surface area contributed by atoms with Gasteiger partial charge in [-0.25, -0.2) is 32.5 Å². The van der Waals surface area contributed by atoms with Gasteiger partial charge in [-0.15, -0.1) is 5.10 Å². The van der Waals surface area contributed by atoms with Crippen molar-refractivity contribution >= 4 is 15.9 Å². The number of aliphatic hydroxyl groups is 1. The van der Waals surface area contributed by atoms with Crippen molar-refractivity contribution in [1.82, 2.24) is 34.8 Å². The molecular weight excluding hydrogens is 529 g/mol. The Balaban J connectivity index is 1.37. The van der Waals surface area contributed by atoms with Crippen molar-refractivity contribution in [2.45, 2.75) is 51.7 Å². The average Bonchev–Trinajstić information content (AvgIpc) is 3.36. The first kappa shape index (κ1) is 28.5. The summed E-state index contributed by atoms with van der Waals surface area (Å²) in [7, 11) is -3.21. The molecule has 3 aromatic rings. The summed E-state index contributed by atoms with van der Waals surface area (Å²) >= 11 is 0. The molecule has 1 aromatic carbocycles. The molecule has 0 aliphatic heterocycles. The maximum Gasteiger partial charge on any atom is 0.270 e. The third-order valence-corrected chi connectivity index (χ3v) is 7.07. The molecular formula is C25H32FN7O5S. The fraction of sp³-hybridized carbons (Fsp3) is 0.480. The Bertz CT molecular complexity index is 1410. The summed E-state index contributed by atoms with van der Waals surface area (Å²) in [6, 6.07) is 5.73. The predicted octanol–water partition coefficient (Wildman–Crippen LogP) is 1.59. The third-order valence-electron chi connectivity index (χ3n) is 6.31. The first-order chi connectivity index (χ1) is 18.6.